The first-order valence-electron chi connectivity index (χ1n) is 6.58. The smallest absolute Gasteiger partial charge is 0.227 e. The molecular formula is C14H18BrClN2O. The van der Waals surface area contributed by atoms with Crippen LogP contribution in [0.3, 0.4) is 0 Å². The lowest BCUT2D eigenvalue weighted by Crippen LogP contribution is -2.35. The predicted molar refractivity (Wildman–Crippen MR) is 82.3 cm³/mol. The summed E-state index contributed by atoms with van der Waals surface area (Å²) in [4.78, 5) is 12.4. The maximum absolute atomic E-state index is 12.4. The fourth-order valence-electron chi connectivity index (χ4n) is 2.65. The van der Waals surface area contributed by atoms with Crippen LogP contribution in [0.25, 0.3) is 0 Å². The quantitative estimate of drug-likeness (QED) is 0.875. The molecule has 1 amide bonds. The second-order valence-corrected chi connectivity index (χ2v) is 6.32. The third kappa shape index (κ3) is 3.71. The summed E-state index contributed by atoms with van der Waals surface area (Å²) in [5.74, 6) is 0.337. The molecule has 2 rings (SSSR count). The number of amides is 1. The molecule has 1 aliphatic carbocycles. The molecule has 0 heterocycles. The summed E-state index contributed by atoms with van der Waals surface area (Å²) < 4.78 is 0.895. The van der Waals surface area contributed by atoms with Gasteiger partial charge in [0, 0.05) is 10.4 Å². The molecule has 0 saturated heterocycles. The molecule has 104 valence electrons. The maximum atomic E-state index is 12.4. The SMILES string of the molecule is NCC1CCCCC1C(=O)Nc1cc(Br)ccc1Cl. The number of carbonyl (C=O) groups excluding carboxylic acids is 1. The van der Waals surface area contributed by atoms with Gasteiger partial charge in [-0.15, -0.1) is 0 Å². The molecule has 0 aliphatic heterocycles. The van der Waals surface area contributed by atoms with Crippen LogP contribution in [-0.2, 0) is 4.79 Å². The molecule has 1 aliphatic rings. The molecule has 0 bridgehead atoms. The minimum absolute atomic E-state index is 0.00815. The topological polar surface area (TPSA) is 55.1 Å². The Balaban J connectivity index is 2.09. The molecule has 0 aromatic heterocycles. The number of benzene rings is 1. The van der Waals surface area contributed by atoms with E-state index in [0.717, 1.165) is 23.7 Å². The van der Waals surface area contributed by atoms with E-state index in [4.69, 9.17) is 17.3 Å². The van der Waals surface area contributed by atoms with E-state index in [1.54, 1.807) is 6.07 Å². The third-order valence-corrected chi connectivity index (χ3v) is 4.56. The van der Waals surface area contributed by atoms with E-state index in [1.165, 1.54) is 6.42 Å². The summed E-state index contributed by atoms with van der Waals surface area (Å²) in [6.45, 7) is 0.574. The van der Waals surface area contributed by atoms with E-state index < -0.39 is 0 Å². The first-order chi connectivity index (χ1) is 9.11. The first kappa shape index (κ1) is 14.8. The molecule has 0 radical (unpaired) electrons. The monoisotopic (exact) mass is 344 g/mol. The fraction of sp³-hybridized carbons (Fsp3) is 0.500. The molecule has 3 N–H and O–H groups in total. The van der Waals surface area contributed by atoms with Crippen LogP contribution in [0.15, 0.2) is 22.7 Å². The van der Waals surface area contributed by atoms with Crippen molar-refractivity contribution in [1.82, 2.24) is 0 Å². The molecule has 1 saturated carbocycles. The van der Waals surface area contributed by atoms with Gasteiger partial charge in [0.1, 0.15) is 0 Å². The Morgan fingerprint density at radius 2 is 2.16 bits per heavy atom. The van der Waals surface area contributed by atoms with Crippen molar-refractivity contribution in [1.29, 1.82) is 0 Å². The van der Waals surface area contributed by atoms with Crippen molar-refractivity contribution in [3.63, 3.8) is 0 Å². The molecule has 5 heteroatoms. The minimum atomic E-state index is 0.00815. The van der Waals surface area contributed by atoms with Gasteiger partial charge in [-0.1, -0.05) is 40.4 Å². The van der Waals surface area contributed by atoms with E-state index in [0.29, 0.717) is 23.2 Å². The highest BCUT2D eigenvalue weighted by molar-refractivity contribution is 9.10. The fourth-order valence-corrected chi connectivity index (χ4v) is 3.18. The van der Waals surface area contributed by atoms with Crippen LogP contribution in [-0.4, -0.2) is 12.5 Å². The summed E-state index contributed by atoms with van der Waals surface area (Å²) in [5.41, 5.74) is 6.42. The molecule has 1 aromatic carbocycles. The Bertz CT molecular complexity index is 467. The molecule has 19 heavy (non-hydrogen) atoms. The zero-order valence-electron chi connectivity index (χ0n) is 10.7. The largest absolute Gasteiger partial charge is 0.330 e. The third-order valence-electron chi connectivity index (χ3n) is 3.73. The van der Waals surface area contributed by atoms with Gasteiger partial charge in [0.05, 0.1) is 10.7 Å². The Hall–Kier alpha value is -0.580. The van der Waals surface area contributed by atoms with E-state index in [-0.39, 0.29) is 11.8 Å². The van der Waals surface area contributed by atoms with Crippen molar-refractivity contribution < 1.29 is 4.79 Å². The van der Waals surface area contributed by atoms with Crippen LogP contribution in [0.4, 0.5) is 5.69 Å². The lowest BCUT2D eigenvalue weighted by molar-refractivity contribution is -0.122. The average Bonchev–Trinajstić information content (AvgIpc) is 2.42. The van der Waals surface area contributed by atoms with Crippen LogP contribution in [0.1, 0.15) is 25.7 Å². The number of nitrogens with one attached hydrogen (secondary N) is 1. The van der Waals surface area contributed by atoms with Gasteiger partial charge in [-0.3, -0.25) is 4.79 Å². The molecule has 0 spiro atoms. The van der Waals surface area contributed by atoms with Gasteiger partial charge < -0.3 is 11.1 Å². The van der Waals surface area contributed by atoms with Crippen molar-refractivity contribution in [3.8, 4) is 0 Å². The zero-order valence-corrected chi connectivity index (χ0v) is 13.0. The van der Waals surface area contributed by atoms with Gasteiger partial charge in [0.25, 0.3) is 0 Å². The van der Waals surface area contributed by atoms with Gasteiger partial charge in [-0.25, -0.2) is 0 Å². The highest BCUT2D eigenvalue weighted by atomic mass is 79.9. The molecule has 2 unspecified atom stereocenters. The highest BCUT2D eigenvalue weighted by Crippen LogP contribution is 2.32. The number of halogens is 2. The second kappa shape index (κ2) is 6.73. The lowest BCUT2D eigenvalue weighted by atomic mass is 9.78. The van der Waals surface area contributed by atoms with Crippen molar-refractivity contribution in [3.05, 3.63) is 27.7 Å². The van der Waals surface area contributed by atoms with Crippen molar-refractivity contribution in [2.45, 2.75) is 25.7 Å². The van der Waals surface area contributed by atoms with Gasteiger partial charge in [0.15, 0.2) is 0 Å². The Morgan fingerprint density at radius 3 is 2.89 bits per heavy atom. The number of hydrogen-bond donors (Lipinski definition) is 2. The van der Waals surface area contributed by atoms with Crippen molar-refractivity contribution in [2.24, 2.45) is 17.6 Å². The molecular weight excluding hydrogens is 328 g/mol. The second-order valence-electron chi connectivity index (χ2n) is 5.00. The number of anilines is 1. The summed E-state index contributed by atoms with van der Waals surface area (Å²) in [5, 5.41) is 3.48. The maximum Gasteiger partial charge on any atom is 0.227 e. The van der Waals surface area contributed by atoms with Crippen LogP contribution in [0, 0.1) is 11.8 Å². The number of rotatable bonds is 3. The number of hydrogen-bond acceptors (Lipinski definition) is 2. The standard InChI is InChI=1S/C14H18BrClN2O/c15-10-5-6-12(16)13(7-10)18-14(19)11-4-2-1-3-9(11)8-17/h5-7,9,11H,1-4,8,17H2,(H,18,19). The highest BCUT2D eigenvalue weighted by Gasteiger charge is 2.30. The van der Waals surface area contributed by atoms with E-state index in [9.17, 15) is 4.79 Å². The van der Waals surface area contributed by atoms with Crippen LogP contribution in [0.2, 0.25) is 5.02 Å². The van der Waals surface area contributed by atoms with Crippen LogP contribution >= 0.6 is 27.5 Å². The number of nitrogens with two attached hydrogens (primary N) is 1. The van der Waals surface area contributed by atoms with E-state index >= 15 is 0 Å². The Labute approximate surface area is 127 Å². The minimum Gasteiger partial charge on any atom is -0.330 e. The summed E-state index contributed by atoms with van der Waals surface area (Å²) in [7, 11) is 0. The molecule has 3 nitrogen and oxygen atoms in total. The summed E-state index contributed by atoms with van der Waals surface area (Å²) in [6, 6.07) is 5.43. The number of carbonyl (C=O) groups is 1. The van der Waals surface area contributed by atoms with Gasteiger partial charge in [0.2, 0.25) is 5.91 Å². The first-order valence-corrected chi connectivity index (χ1v) is 7.75. The zero-order chi connectivity index (χ0) is 13.8. The molecule has 1 aromatic rings. The molecule has 2 atom stereocenters. The summed E-state index contributed by atoms with van der Waals surface area (Å²) >= 11 is 9.47. The Morgan fingerprint density at radius 1 is 1.42 bits per heavy atom. The lowest BCUT2D eigenvalue weighted by Gasteiger charge is -2.29. The molecule has 1 fully saturated rings. The van der Waals surface area contributed by atoms with Crippen molar-refractivity contribution in [2.75, 3.05) is 11.9 Å². The van der Waals surface area contributed by atoms with Crippen LogP contribution in [0.5, 0.6) is 0 Å². The van der Waals surface area contributed by atoms with Gasteiger partial charge in [-0.2, -0.15) is 0 Å². The van der Waals surface area contributed by atoms with Crippen molar-refractivity contribution >= 4 is 39.1 Å². The normalized spacial score (nSPS) is 23.1. The van der Waals surface area contributed by atoms with Gasteiger partial charge in [-0.05, 0) is 43.5 Å². The van der Waals surface area contributed by atoms with Gasteiger partial charge >= 0.3 is 0 Å². The Kier molecular flexibility index (Phi) is 5.25. The average molecular weight is 346 g/mol. The van der Waals surface area contributed by atoms with E-state index in [2.05, 4.69) is 21.2 Å². The van der Waals surface area contributed by atoms with E-state index in [1.807, 2.05) is 12.1 Å². The predicted octanol–water partition coefficient (Wildman–Crippen LogP) is 3.81. The summed E-state index contributed by atoms with van der Waals surface area (Å²) in [6.07, 6.45) is 4.23. The van der Waals surface area contributed by atoms with Crippen LogP contribution < -0.4 is 11.1 Å².